The van der Waals surface area contributed by atoms with E-state index in [1.54, 1.807) is 30.3 Å². The predicted octanol–water partition coefficient (Wildman–Crippen LogP) is 2.37. The van der Waals surface area contributed by atoms with Crippen molar-refractivity contribution < 1.29 is 23.4 Å². The van der Waals surface area contributed by atoms with Crippen LogP contribution >= 0.6 is 0 Å². The van der Waals surface area contributed by atoms with Crippen molar-refractivity contribution in [2.75, 3.05) is 58.9 Å². The summed E-state index contributed by atoms with van der Waals surface area (Å²) in [6, 6.07) is 10.8. The van der Waals surface area contributed by atoms with Crippen molar-refractivity contribution in [3.05, 3.63) is 53.8 Å². The van der Waals surface area contributed by atoms with Crippen LogP contribution in [-0.4, -0.2) is 70.4 Å². The standard InChI is InChI=1S/C22H27FN4O4/c1-29-19-12-16(13-20(15-19)30-2)21(28)26-22(25-18-5-3-4-17(23)14-18)24-6-7-27-8-10-31-11-9-27/h3-5,12-15H,6-11H2,1-2H3,(H2,24,25,26,28). The van der Waals surface area contributed by atoms with Crippen molar-refractivity contribution >= 4 is 17.6 Å². The fourth-order valence-corrected chi connectivity index (χ4v) is 3.06. The molecule has 0 saturated carbocycles. The van der Waals surface area contributed by atoms with E-state index in [4.69, 9.17) is 14.2 Å². The number of ether oxygens (including phenoxy) is 3. The highest BCUT2D eigenvalue weighted by Gasteiger charge is 2.14. The first-order valence-electron chi connectivity index (χ1n) is 9.99. The zero-order chi connectivity index (χ0) is 22.1. The largest absolute Gasteiger partial charge is 0.497 e. The van der Waals surface area contributed by atoms with Gasteiger partial charge in [-0.25, -0.2) is 4.39 Å². The zero-order valence-corrected chi connectivity index (χ0v) is 17.7. The lowest BCUT2D eigenvalue weighted by atomic mass is 10.2. The zero-order valence-electron chi connectivity index (χ0n) is 17.7. The Bertz CT molecular complexity index is 894. The third kappa shape index (κ3) is 6.94. The molecule has 8 nitrogen and oxygen atoms in total. The molecule has 1 saturated heterocycles. The van der Waals surface area contributed by atoms with Gasteiger partial charge in [0.2, 0.25) is 5.96 Å². The normalized spacial score (nSPS) is 14.7. The fraction of sp³-hybridized carbons (Fsp3) is 0.364. The van der Waals surface area contributed by atoms with Crippen molar-refractivity contribution in [2.24, 2.45) is 4.99 Å². The number of rotatable bonds is 7. The molecule has 2 aromatic carbocycles. The molecule has 31 heavy (non-hydrogen) atoms. The van der Waals surface area contributed by atoms with Crippen LogP contribution in [0.15, 0.2) is 47.5 Å². The SMILES string of the molecule is COc1cc(OC)cc(C(=O)NC(=NCCN2CCOCC2)Nc2cccc(F)c2)c1. The van der Waals surface area contributed by atoms with E-state index in [0.29, 0.717) is 42.5 Å². The summed E-state index contributed by atoms with van der Waals surface area (Å²) in [7, 11) is 3.03. The number of methoxy groups -OCH3 is 2. The van der Waals surface area contributed by atoms with Crippen LogP contribution < -0.4 is 20.1 Å². The maximum atomic E-state index is 13.6. The van der Waals surface area contributed by atoms with Gasteiger partial charge >= 0.3 is 0 Å². The van der Waals surface area contributed by atoms with E-state index in [0.717, 1.165) is 19.6 Å². The second-order valence-electron chi connectivity index (χ2n) is 6.88. The number of guanidine groups is 1. The van der Waals surface area contributed by atoms with E-state index in [-0.39, 0.29) is 11.8 Å². The Balaban J connectivity index is 1.74. The van der Waals surface area contributed by atoms with Crippen molar-refractivity contribution in [3.63, 3.8) is 0 Å². The van der Waals surface area contributed by atoms with E-state index in [1.807, 2.05) is 0 Å². The summed E-state index contributed by atoms with van der Waals surface area (Å²) in [5, 5.41) is 5.75. The molecular formula is C22H27FN4O4. The van der Waals surface area contributed by atoms with E-state index in [9.17, 15) is 9.18 Å². The summed E-state index contributed by atoms with van der Waals surface area (Å²) in [4.78, 5) is 19.6. The molecule has 2 aromatic rings. The molecule has 9 heteroatoms. The molecule has 0 aromatic heterocycles. The molecule has 0 atom stereocenters. The van der Waals surface area contributed by atoms with Gasteiger partial charge in [0, 0.05) is 37.0 Å². The smallest absolute Gasteiger partial charge is 0.258 e. The Labute approximate surface area is 181 Å². The van der Waals surface area contributed by atoms with Gasteiger partial charge in [-0.15, -0.1) is 0 Å². The molecule has 0 radical (unpaired) electrons. The summed E-state index contributed by atoms with van der Waals surface area (Å²) >= 11 is 0. The quantitative estimate of drug-likeness (QED) is 0.518. The first kappa shape index (κ1) is 22.5. The molecule has 1 amide bonds. The van der Waals surface area contributed by atoms with Gasteiger partial charge in [-0.1, -0.05) is 6.07 Å². The van der Waals surface area contributed by atoms with Crippen molar-refractivity contribution in [3.8, 4) is 11.5 Å². The van der Waals surface area contributed by atoms with Crippen LogP contribution in [0.25, 0.3) is 0 Å². The minimum absolute atomic E-state index is 0.227. The summed E-state index contributed by atoms with van der Waals surface area (Å²) in [5.74, 6) is 0.431. The van der Waals surface area contributed by atoms with Gasteiger partial charge in [0.05, 0.1) is 34.0 Å². The lowest BCUT2D eigenvalue weighted by molar-refractivity contribution is 0.0394. The Kier molecular flexibility index (Phi) is 8.19. The van der Waals surface area contributed by atoms with Gasteiger partial charge in [-0.3, -0.25) is 20.0 Å². The van der Waals surface area contributed by atoms with E-state index >= 15 is 0 Å². The number of nitrogens with one attached hydrogen (secondary N) is 2. The average Bonchev–Trinajstić information content (AvgIpc) is 2.79. The summed E-state index contributed by atoms with van der Waals surface area (Å²) in [5.41, 5.74) is 0.826. The maximum Gasteiger partial charge on any atom is 0.258 e. The summed E-state index contributed by atoms with van der Waals surface area (Å²) in [6.07, 6.45) is 0. The van der Waals surface area contributed by atoms with Crippen LogP contribution in [0.1, 0.15) is 10.4 Å². The Morgan fingerprint density at radius 3 is 2.48 bits per heavy atom. The van der Waals surface area contributed by atoms with Crippen LogP contribution in [0.4, 0.5) is 10.1 Å². The molecule has 166 valence electrons. The molecule has 0 unspecified atom stereocenters. The lowest BCUT2D eigenvalue weighted by Crippen LogP contribution is -2.39. The molecule has 1 fully saturated rings. The van der Waals surface area contributed by atoms with Crippen molar-refractivity contribution in [1.82, 2.24) is 10.2 Å². The van der Waals surface area contributed by atoms with Gasteiger partial charge in [-0.05, 0) is 30.3 Å². The molecule has 3 rings (SSSR count). The van der Waals surface area contributed by atoms with Crippen LogP contribution in [-0.2, 0) is 4.74 Å². The van der Waals surface area contributed by atoms with Crippen LogP contribution in [0.2, 0.25) is 0 Å². The van der Waals surface area contributed by atoms with Crippen LogP contribution in [0.5, 0.6) is 11.5 Å². The molecule has 0 aliphatic carbocycles. The minimum atomic E-state index is -0.397. The number of carbonyl (C=O) groups is 1. The van der Waals surface area contributed by atoms with Crippen LogP contribution in [0.3, 0.4) is 0 Å². The number of morpholine rings is 1. The second kappa shape index (κ2) is 11.3. The van der Waals surface area contributed by atoms with Gasteiger partial charge in [0.25, 0.3) is 5.91 Å². The Hall–Kier alpha value is -3.17. The molecular weight excluding hydrogens is 403 g/mol. The van der Waals surface area contributed by atoms with Gasteiger partial charge in [0.15, 0.2) is 0 Å². The lowest BCUT2D eigenvalue weighted by Gasteiger charge is -2.25. The molecule has 1 aliphatic heterocycles. The van der Waals surface area contributed by atoms with Crippen molar-refractivity contribution in [2.45, 2.75) is 0 Å². The maximum absolute atomic E-state index is 13.6. The first-order valence-corrected chi connectivity index (χ1v) is 9.99. The number of anilines is 1. The second-order valence-corrected chi connectivity index (χ2v) is 6.88. The third-order valence-corrected chi connectivity index (χ3v) is 4.72. The highest BCUT2D eigenvalue weighted by molar-refractivity contribution is 6.10. The van der Waals surface area contributed by atoms with Gasteiger partial charge in [0.1, 0.15) is 17.3 Å². The molecule has 0 spiro atoms. The summed E-state index contributed by atoms with van der Waals surface area (Å²) in [6.45, 7) is 4.27. The predicted molar refractivity (Wildman–Crippen MR) is 117 cm³/mol. The number of hydrogen-bond donors (Lipinski definition) is 2. The fourth-order valence-electron chi connectivity index (χ4n) is 3.06. The monoisotopic (exact) mass is 430 g/mol. The Morgan fingerprint density at radius 1 is 1.13 bits per heavy atom. The summed E-state index contributed by atoms with van der Waals surface area (Å²) < 4.78 is 29.4. The molecule has 2 N–H and O–H groups in total. The average molecular weight is 430 g/mol. The van der Waals surface area contributed by atoms with Gasteiger partial charge < -0.3 is 19.5 Å². The molecule has 1 aliphatic rings. The van der Waals surface area contributed by atoms with Gasteiger partial charge in [-0.2, -0.15) is 0 Å². The highest BCUT2D eigenvalue weighted by atomic mass is 19.1. The topological polar surface area (TPSA) is 84.4 Å². The van der Waals surface area contributed by atoms with Crippen LogP contribution in [0, 0.1) is 5.82 Å². The number of nitrogens with zero attached hydrogens (tertiary/aromatic N) is 2. The number of aliphatic imine (C=N–C) groups is 1. The van der Waals surface area contributed by atoms with E-state index in [1.165, 1.54) is 26.4 Å². The molecule has 1 heterocycles. The minimum Gasteiger partial charge on any atom is -0.497 e. The van der Waals surface area contributed by atoms with Crippen molar-refractivity contribution in [1.29, 1.82) is 0 Å². The third-order valence-electron chi connectivity index (χ3n) is 4.72. The van der Waals surface area contributed by atoms with E-state index in [2.05, 4.69) is 20.5 Å². The Morgan fingerprint density at radius 2 is 1.84 bits per heavy atom. The number of halogens is 1. The number of amides is 1. The first-order chi connectivity index (χ1) is 15.1. The number of carbonyl (C=O) groups excluding carboxylic acids is 1. The molecule has 0 bridgehead atoms. The number of hydrogen-bond acceptors (Lipinski definition) is 6. The highest BCUT2D eigenvalue weighted by Crippen LogP contribution is 2.22. The van der Waals surface area contributed by atoms with E-state index < -0.39 is 5.91 Å². The number of benzene rings is 2.